The highest BCUT2D eigenvalue weighted by Gasteiger charge is 2.47. The van der Waals surface area contributed by atoms with Gasteiger partial charge in [-0.1, -0.05) is 13.8 Å². The molecule has 0 amide bonds. The first-order chi connectivity index (χ1) is 17.2. The molecule has 5 heterocycles. The smallest absolute Gasteiger partial charge is 0.353 e. The van der Waals surface area contributed by atoms with Crippen molar-refractivity contribution in [3.8, 4) is 11.5 Å². The van der Waals surface area contributed by atoms with Gasteiger partial charge in [0.1, 0.15) is 17.2 Å². The number of hydrogen-bond donors (Lipinski definition) is 1. The number of aromatic nitrogens is 6. The third-order valence-corrected chi connectivity index (χ3v) is 7.59. The van der Waals surface area contributed by atoms with Crippen molar-refractivity contribution in [1.82, 2.24) is 34.4 Å². The van der Waals surface area contributed by atoms with Crippen LogP contribution in [0.5, 0.6) is 0 Å². The number of halogens is 3. The first kappa shape index (κ1) is 23.0. The van der Waals surface area contributed by atoms with Crippen molar-refractivity contribution in [2.75, 3.05) is 31.1 Å². The summed E-state index contributed by atoms with van der Waals surface area (Å²) < 4.78 is 41.3. The number of fused-ring (bicyclic) bond motifs is 1. The SMILES string of the molecule is CC1(C)C[C@@H]1CN1CCN(c2ccnc(-c3cnc4ccc(C(F)(F)F)cn34)n2)C[C@H]1c1cn[nH]c1. The quantitative estimate of drug-likeness (QED) is 0.440. The summed E-state index contributed by atoms with van der Waals surface area (Å²) in [7, 11) is 0. The molecule has 1 aliphatic carbocycles. The summed E-state index contributed by atoms with van der Waals surface area (Å²) in [5.74, 6) is 1.77. The van der Waals surface area contributed by atoms with E-state index in [1.54, 1.807) is 6.20 Å². The number of aromatic amines is 1. The average Bonchev–Trinajstić information content (AvgIpc) is 3.26. The van der Waals surface area contributed by atoms with E-state index in [4.69, 9.17) is 4.98 Å². The number of alkyl halides is 3. The standard InChI is InChI=1S/C25H27F3N8/c1-24(2)9-18(24)13-34-7-8-35(15-20(34)16-10-31-32-11-16)22-5-6-29-23(33-22)19-12-30-21-4-3-17(14-36(19)21)25(26,27)28/h3-6,10-12,14,18,20H,7-9,13,15H2,1-2H3,(H,31,32)/t18-,20+/m1/s1. The van der Waals surface area contributed by atoms with Crippen LogP contribution in [0.15, 0.2) is 49.2 Å². The summed E-state index contributed by atoms with van der Waals surface area (Å²) in [6, 6.07) is 4.39. The lowest BCUT2D eigenvalue weighted by molar-refractivity contribution is -0.137. The minimum atomic E-state index is -4.45. The highest BCUT2D eigenvalue weighted by molar-refractivity contribution is 5.59. The van der Waals surface area contributed by atoms with Crippen molar-refractivity contribution in [3.05, 3.63) is 60.3 Å². The van der Waals surface area contributed by atoms with E-state index in [9.17, 15) is 13.2 Å². The third kappa shape index (κ3) is 4.21. The number of H-pyrrole nitrogens is 1. The monoisotopic (exact) mass is 496 g/mol. The van der Waals surface area contributed by atoms with Crippen LogP contribution >= 0.6 is 0 Å². The molecule has 1 saturated heterocycles. The molecule has 0 spiro atoms. The number of hydrogen-bond acceptors (Lipinski definition) is 6. The van der Waals surface area contributed by atoms with Gasteiger partial charge in [0.25, 0.3) is 0 Å². The van der Waals surface area contributed by atoms with E-state index >= 15 is 0 Å². The fourth-order valence-corrected chi connectivity index (χ4v) is 5.14. The third-order valence-electron chi connectivity index (χ3n) is 7.59. The normalized spacial score (nSPS) is 22.3. The van der Waals surface area contributed by atoms with Crippen LogP contribution in [0, 0.1) is 11.3 Å². The van der Waals surface area contributed by atoms with Gasteiger partial charge in [0, 0.05) is 50.3 Å². The highest BCUT2D eigenvalue weighted by atomic mass is 19.4. The zero-order chi connectivity index (χ0) is 25.1. The van der Waals surface area contributed by atoms with Crippen molar-refractivity contribution in [3.63, 3.8) is 0 Å². The van der Waals surface area contributed by atoms with E-state index in [0.717, 1.165) is 49.8 Å². The average molecular weight is 497 g/mol. The number of piperazine rings is 1. The predicted molar refractivity (Wildman–Crippen MR) is 128 cm³/mol. The Morgan fingerprint density at radius 3 is 2.67 bits per heavy atom. The molecule has 4 aromatic heterocycles. The molecule has 188 valence electrons. The minimum absolute atomic E-state index is 0.164. The number of pyridine rings is 1. The number of nitrogens with zero attached hydrogens (tertiary/aromatic N) is 7. The van der Waals surface area contributed by atoms with E-state index in [-0.39, 0.29) is 6.04 Å². The van der Waals surface area contributed by atoms with Crippen molar-refractivity contribution in [2.24, 2.45) is 11.3 Å². The summed E-state index contributed by atoms with van der Waals surface area (Å²) in [4.78, 5) is 18.1. The molecule has 6 rings (SSSR count). The van der Waals surface area contributed by atoms with Crippen LogP contribution in [0.4, 0.5) is 19.0 Å². The van der Waals surface area contributed by atoms with Gasteiger partial charge in [0.2, 0.25) is 0 Å². The van der Waals surface area contributed by atoms with Crippen LogP contribution in [-0.2, 0) is 6.18 Å². The lowest BCUT2D eigenvalue weighted by atomic mass is 10.0. The van der Waals surface area contributed by atoms with Crippen LogP contribution < -0.4 is 4.90 Å². The lowest BCUT2D eigenvalue weighted by Gasteiger charge is -2.42. The van der Waals surface area contributed by atoms with Gasteiger partial charge in [0.05, 0.1) is 24.0 Å². The molecule has 4 aromatic rings. The van der Waals surface area contributed by atoms with Gasteiger partial charge in [0.15, 0.2) is 5.82 Å². The molecule has 8 nitrogen and oxygen atoms in total. The molecular formula is C25H27F3N8. The Kier molecular flexibility index (Phi) is 5.29. The Morgan fingerprint density at radius 1 is 1.11 bits per heavy atom. The van der Waals surface area contributed by atoms with Gasteiger partial charge in [-0.05, 0) is 36.0 Å². The molecule has 36 heavy (non-hydrogen) atoms. The van der Waals surface area contributed by atoms with Crippen LogP contribution in [0.3, 0.4) is 0 Å². The first-order valence-corrected chi connectivity index (χ1v) is 12.0. The molecule has 1 N–H and O–H groups in total. The fourth-order valence-electron chi connectivity index (χ4n) is 5.14. The summed E-state index contributed by atoms with van der Waals surface area (Å²) in [5, 5.41) is 7.11. The molecule has 0 unspecified atom stereocenters. The Bertz CT molecular complexity index is 1380. The van der Waals surface area contributed by atoms with Crippen LogP contribution in [0.2, 0.25) is 0 Å². The van der Waals surface area contributed by atoms with Crippen LogP contribution in [-0.4, -0.2) is 60.6 Å². The van der Waals surface area contributed by atoms with E-state index in [2.05, 4.69) is 43.8 Å². The number of imidazole rings is 1. The predicted octanol–water partition coefficient (Wildman–Crippen LogP) is 4.44. The summed E-state index contributed by atoms with van der Waals surface area (Å²) >= 11 is 0. The second-order valence-corrected chi connectivity index (χ2v) is 10.4. The van der Waals surface area contributed by atoms with E-state index in [1.807, 2.05) is 18.5 Å². The number of anilines is 1. The van der Waals surface area contributed by atoms with Gasteiger partial charge in [-0.3, -0.25) is 14.4 Å². The Balaban J connectivity index is 1.28. The molecule has 1 saturated carbocycles. The Hall–Kier alpha value is -3.47. The fraction of sp³-hybridized carbons (Fsp3) is 0.440. The summed E-state index contributed by atoms with van der Waals surface area (Å²) in [6.07, 6.45) is 4.82. The maximum Gasteiger partial charge on any atom is 0.417 e. The number of rotatable bonds is 5. The van der Waals surface area contributed by atoms with E-state index < -0.39 is 11.7 Å². The zero-order valence-corrected chi connectivity index (χ0v) is 20.1. The molecule has 0 radical (unpaired) electrons. The topological polar surface area (TPSA) is 78.2 Å². The molecule has 1 aliphatic heterocycles. The summed E-state index contributed by atoms with van der Waals surface area (Å²) in [5.41, 5.74) is 1.61. The molecule has 2 fully saturated rings. The van der Waals surface area contributed by atoms with Crippen LogP contribution in [0.1, 0.15) is 37.4 Å². The first-order valence-electron chi connectivity index (χ1n) is 12.0. The molecule has 0 aromatic carbocycles. The second kappa shape index (κ2) is 8.29. The summed E-state index contributed by atoms with van der Waals surface area (Å²) in [6.45, 7) is 8.10. The molecule has 0 bridgehead atoms. The van der Waals surface area contributed by atoms with Gasteiger partial charge in [-0.15, -0.1) is 0 Å². The van der Waals surface area contributed by atoms with E-state index in [1.165, 1.54) is 23.1 Å². The molecule has 11 heteroatoms. The minimum Gasteiger partial charge on any atom is -0.353 e. The molecule has 2 atom stereocenters. The lowest BCUT2D eigenvalue weighted by Crippen LogP contribution is -2.49. The highest BCUT2D eigenvalue weighted by Crippen LogP contribution is 2.52. The molecular weight excluding hydrogens is 469 g/mol. The van der Waals surface area contributed by atoms with Gasteiger partial charge in [-0.25, -0.2) is 15.0 Å². The van der Waals surface area contributed by atoms with Gasteiger partial charge < -0.3 is 4.90 Å². The van der Waals surface area contributed by atoms with Gasteiger partial charge >= 0.3 is 6.18 Å². The van der Waals surface area contributed by atoms with E-state index in [0.29, 0.717) is 28.5 Å². The molecule has 2 aliphatic rings. The van der Waals surface area contributed by atoms with Crippen molar-refractivity contribution >= 4 is 11.5 Å². The maximum absolute atomic E-state index is 13.3. The van der Waals surface area contributed by atoms with Crippen molar-refractivity contribution in [1.29, 1.82) is 0 Å². The Morgan fingerprint density at radius 2 is 1.94 bits per heavy atom. The van der Waals surface area contributed by atoms with Gasteiger partial charge in [-0.2, -0.15) is 18.3 Å². The van der Waals surface area contributed by atoms with Crippen molar-refractivity contribution < 1.29 is 13.2 Å². The largest absolute Gasteiger partial charge is 0.417 e. The maximum atomic E-state index is 13.3. The second-order valence-electron chi connectivity index (χ2n) is 10.4. The zero-order valence-electron chi connectivity index (χ0n) is 20.1. The van der Waals surface area contributed by atoms with Crippen molar-refractivity contribution in [2.45, 2.75) is 32.5 Å². The number of nitrogens with one attached hydrogen (secondary N) is 1. The van der Waals surface area contributed by atoms with Crippen LogP contribution in [0.25, 0.3) is 17.2 Å². The Labute approximate surface area is 206 Å².